The third kappa shape index (κ3) is 1.69. The Morgan fingerprint density at radius 1 is 1.48 bits per heavy atom. The van der Waals surface area contributed by atoms with Gasteiger partial charge in [-0.1, -0.05) is 18.2 Å². The molecule has 0 fully saturated rings. The lowest BCUT2D eigenvalue weighted by atomic mass is 9.71. The number of carbonyl (C=O) groups is 1. The van der Waals surface area contributed by atoms with Crippen LogP contribution in [0, 0.1) is 5.41 Å². The van der Waals surface area contributed by atoms with E-state index < -0.39 is 11.4 Å². The summed E-state index contributed by atoms with van der Waals surface area (Å²) in [5.74, 6) is -0.192. The van der Waals surface area contributed by atoms with Crippen molar-refractivity contribution in [2.45, 2.75) is 25.3 Å². The van der Waals surface area contributed by atoms with Gasteiger partial charge in [0.1, 0.15) is 0 Å². The smallest absolute Gasteiger partial charge is 0.314 e. The summed E-state index contributed by atoms with van der Waals surface area (Å²) < 4.78 is 0. The van der Waals surface area contributed by atoms with E-state index in [1.165, 1.54) is 22.4 Å². The van der Waals surface area contributed by atoms with Gasteiger partial charge in [0, 0.05) is 30.7 Å². The van der Waals surface area contributed by atoms with Crippen LogP contribution in [0.5, 0.6) is 0 Å². The number of rotatable bonds is 1. The normalized spacial score (nSPS) is 33.7. The number of carboxylic acids is 1. The minimum atomic E-state index is -0.803. The summed E-state index contributed by atoms with van der Waals surface area (Å²) in [5.41, 5.74) is 4.26. The summed E-state index contributed by atoms with van der Waals surface area (Å²) in [6.45, 7) is 3.40. The largest absolute Gasteiger partial charge is 0.481 e. The van der Waals surface area contributed by atoms with Crippen molar-refractivity contribution in [1.82, 2.24) is 4.90 Å². The molecule has 4 nitrogen and oxygen atoms in total. The van der Waals surface area contributed by atoms with Crippen LogP contribution in [0.15, 0.2) is 24.3 Å². The van der Waals surface area contributed by atoms with Crippen LogP contribution >= 0.6 is 0 Å². The van der Waals surface area contributed by atoms with Crippen molar-refractivity contribution in [2.24, 2.45) is 5.41 Å². The first kappa shape index (κ1) is 12.9. The molecule has 1 aromatic rings. The average molecular weight is 284 g/mol. The minimum Gasteiger partial charge on any atom is -0.481 e. The van der Waals surface area contributed by atoms with Crippen LogP contribution in [0.4, 0.5) is 5.69 Å². The third-order valence-corrected chi connectivity index (χ3v) is 5.30. The number of aliphatic carboxylic acids is 1. The van der Waals surface area contributed by atoms with Crippen molar-refractivity contribution in [3.05, 3.63) is 35.4 Å². The van der Waals surface area contributed by atoms with Gasteiger partial charge in [0.25, 0.3) is 0 Å². The molecule has 0 spiro atoms. The molecule has 0 saturated heterocycles. The number of benzene rings is 1. The van der Waals surface area contributed by atoms with Gasteiger partial charge in [-0.25, -0.2) is 0 Å². The van der Waals surface area contributed by atoms with E-state index in [0.29, 0.717) is 18.5 Å². The second kappa shape index (κ2) is 4.10. The predicted octanol–water partition coefficient (Wildman–Crippen LogP) is 2.39. The molecule has 3 aliphatic rings. The molecule has 0 bridgehead atoms. The Balaban J connectivity index is 1.92. The highest BCUT2D eigenvalue weighted by molar-refractivity contribution is 5.86. The van der Waals surface area contributed by atoms with E-state index in [1.54, 1.807) is 0 Å². The molecule has 21 heavy (non-hydrogen) atoms. The number of nitrogens with one attached hydrogen (secondary N) is 1. The van der Waals surface area contributed by atoms with Crippen LogP contribution in [-0.4, -0.2) is 42.2 Å². The quantitative estimate of drug-likeness (QED) is 0.831. The first-order chi connectivity index (χ1) is 9.99. The van der Waals surface area contributed by atoms with E-state index in [0.717, 1.165) is 13.0 Å². The molecule has 0 saturated carbocycles. The van der Waals surface area contributed by atoms with Gasteiger partial charge in [-0.15, -0.1) is 0 Å². The highest BCUT2D eigenvalue weighted by atomic mass is 16.4. The topological polar surface area (TPSA) is 52.6 Å². The zero-order valence-corrected chi connectivity index (χ0v) is 12.4. The maximum atomic E-state index is 11.7. The van der Waals surface area contributed by atoms with Crippen molar-refractivity contribution < 1.29 is 9.90 Å². The molecule has 0 radical (unpaired) electrons. The lowest BCUT2D eigenvalue weighted by Gasteiger charge is -2.44. The van der Waals surface area contributed by atoms with Crippen LogP contribution < -0.4 is 5.32 Å². The summed E-state index contributed by atoms with van der Waals surface area (Å²) >= 11 is 0. The first-order valence-corrected chi connectivity index (χ1v) is 7.53. The molecule has 0 aromatic heterocycles. The maximum Gasteiger partial charge on any atom is 0.314 e. The molecule has 1 unspecified atom stereocenters. The van der Waals surface area contributed by atoms with Gasteiger partial charge in [0.05, 0.1) is 5.41 Å². The Bertz CT molecular complexity index is 667. The lowest BCUT2D eigenvalue weighted by Crippen LogP contribution is -2.49. The number of hydrogen-bond acceptors (Lipinski definition) is 3. The van der Waals surface area contributed by atoms with Crippen molar-refractivity contribution >= 4 is 17.2 Å². The number of carboxylic acid groups (broad SMARTS) is 1. The molecular formula is C17H20N2O2. The van der Waals surface area contributed by atoms with Gasteiger partial charge >= 0.3 is 5.97 Å². The second-order valence-electron chi connectivity index (χ2n) is 6.83. The van der Waals surface area contributed by atoms with Crippen LogP contribution in [0.3, 0.4) is 0 Å². The van der Waals surface area contributed by atoms with E-state index in [4.69, 9.17) is 0 Å². The Hall–Kier alpha value is -1.81. The molecule has 2 heterocycles. The van der Waals surface area contributed by atoms with Crippen LogP contribution in [0.2, 0.25) is 0 Å². The highest BCUT2D eigenvalue weighted by Crippen LogP contribution is 2.49. The van der Waals surface area contributed by atoms with Gasteiger partial charge in [-0.2, -0.15) is 0 Å². The van der Waals surface area contributed by atoms with Gasteiger partial charge < -0.3 is 10.4 Å². The molecule has 2 N–H and O–H groups in total. The van der Waals surface area contributed by atoms with Crippen LogP contribution in [0.1, 0.15) is 30.4 Å². The van der Waals surface area contributed by atoms with E-state index in [1.807, 2.05) is 13.0 Å². The molecule has 0 amide bonds. The minimum absolute atomic E-state index is 0.338. The van der Waals surface area contributed by atoms with Crippen molar-refractivity contribution in [2.75, 3.05) is 25.5 Å². The van der Waals surface area contributed by atoms with Crippen molar-refractivity contribution in [3.63, 3.8) is 0 Å². The van der Waals surface area contributed by atoms with Gasteiger partial charge in [-0.3, -0.25) is 9.69 Å². The van der Waals surface area contributed by atoms with Crippen LogP contribution in [-0.2, 0) is 4.79 Å². The third-order valence-electron chi connectivity index (χ3n) is 5.30. The van der Waals surface area contributed by atoms with Crippen molar-refractivity contribution in [3.8, 4) is 0 Å². The SMILES string of the molecule is CN1C[C@](C)(C(=O)O)C=C2c3cccc4c3C(CN4)C[C@H]21. The van der Waals surface area contributed by atoms with E-state index in [2.05, 4.69) is 35.5 Å². The number of fused-ring (bicyclic) bond motifs is 2. The van der Waals surface area contributed by atoms with Gasteiger partial charge in [0.15, 0.2) is 0 Å². The zero-order valence-electron chi connectivity index (χ0n) is 12.4. The molecule has 2 aliphatic heterocycles. The molecule has 3 atom stereocenters. The molecule has 4 rings (SSSR count). The fourth-order valence-electron chi connectivity index (χ4n) is 4.26. The maximum absolute atomic E-state index is 11.7. The van der Waals surface area contributed by atoms with Crippen molar-refractivity contribution in [1.29, 1.82) is 0 Å². The standard InChI is InChI=1S/C17H20N2O2/c1-17(16(20)21)7-12-11-4-3-5-13-15(11)10(8-18-13)6-14(12)19(2)9-17/h3-5,7,10,14,18H,6,8-9H2,1-2H3,(H,20,21)/t10?,14-,17-/m1/s1. The Labute approximate surface area is 124 Å². The Morgan fingerprint density at radius 2 is 2.29 bits per heavy atom. The summed E-state index contributed by atoms with van der Waals surface area (Å²) in [7, 11) is 2.05. The van der Waals surface area contributed by atoms with E-state index >= 15 is 0 Å². The molecule has 1 aliphatic carbocycles. The monoisotopic (exact) mass is 284 g/mol. The van der Waals surface area contributed by atoms with E-state index in [-0.39, 0.29) is 0 Å². The summed E-state index contributed by atoms with van der Waals surface area (Å²) in [6, 6.07) is 6.69. The summed E-state index contributed by atoms with van der Waals surface area (Å²) in [4.78, 5) is 13.9. The fourth-order valence-corrected chi connectivity index (χ4v) is 4.26. The predicted molar refractivity (Wildman–Crippen MR) is 82.4 cm³/mol. The van der Waals surface area contributed by atoms with Crippen LogP contribution in [0.25, 0.3) is 5.57 Å². The number of anilines is 1. The number of hydrogen-bond donors (Lipinski definition) is 2. The highest BCUT2D eigenvalue weighted by Gasteiger charge is 2.45. The second-order valence-corrected chi connectivity index (χ2v) is 6.83. The fraction of sp³-hybridized carbons (Fsp3) is 0.471. The lowest BCUT2D eigenvalue weighted by molar-refractivity contribution is -0.146. The molecule has 110 valence electrons. The zero-order chi connectivity index (χ0) is 14.8. The Morgan fingerprint density at radius 3 is 3.05 bits per heavy atom. The summed E-state index contributed by atoms with van der Waals surface area (Å²) in [6.07, 6.45) is 3.08. The summed E-state index contributed by atoms with van der Waals surface area (Å²) in [5, 5.41) is 13.1. The van der Waals surface area contributed by atoms with E-state index in [9.17, 15) is 9.90 Å². The Kier molecular flexibility index (Phi) is 2.52. The molecular weight excluding hydrogens is 264 g/mol. The van der Waals surface area contributed by atoms with Gasteiger partial charge in [0.2, 0.25) is 0 Å². The molecule has 1 aromatic carbocycles. The van der Waals surface area contributed by atoms with Gasteiger partial charge in [-0.05, 0) is 43.2 Å². The number of nitrogens with zero attached hydrogens (tertiary/aromatic N) is 1. The first-order valence-electron chi connectivity index (χ1n) is 7.53. The average Bonchev–Trinajstić information content (AvgIpc) is 2.85. The number of likely N-dealkylation sites (N-methyl/N-ethyl adjacent to an activating group) is 1. The molecule has 4 heteroatoms.